The third-order valence-electron chi connectivity index (χ3n) is 3.55. The number of rotatable bonds is 5. The fourth-order valence-corrected chi connectivity index (χ4v) is 2.33. The maximum Gasteiger partial charge on any atom is 0.330 e. The van der Waals surface area contributed by atoms with Gasteiger partial charge in [-0.25, -0.2) is 4.79 Å². The Morgan fingerprint density at radius 3 is 2.78 bits per heavy atom. The Morgan fingerprint density at radius 1 is 1.48 bits per heavy atom. The number of hydrogen-bond donors (Lipinski definition) is 0. The van der Waals surface area contributed by atoms with Gasteiger partial charge in [0, 0.05) is 18.7 Å². The fraction of sp³-hybridized carbons (Fsp3) is 0.333. The lowest BCUT2D eigenvalue weighted by molar-refractivity contribution is -0.384. The Hall–Kier alpha value is -2.90. The van der Waals surface area contributed by atoms with Crippen molar-refractivity contribution in [1.82, 2.24) is 4.90 Å². The number of carbonyl (C=O) groups is 2. The van der Waals surface area contributed by atoms with Crippen LogP contribution >= 0.6 is 0 Å². The molecule has 0 spiro atoms. The van der Waals surface area contributed by atoms with Crippen LogP contribution in [-0.2, 0) is 14.3 Å². The summed E-state index contributed by atoms with van der Waals surface area (Å²) >= 11 is 0. The molecule has 1 heterocycles. The van der Waals surface area contributed by atoms with Gasteiger partial charge in [0.25, 0.3) is 5.69 Å². The Morgan fingerprint density at radius 2 is 2.22 bits per heavy atom. The maximum absolute atomic E-state index is 11.8. The lowest BCUT2D eigenvalue weighted by Gasteiger charge is -2.18. The summed E-state index contributed by atoms with van der Waals surface area (Å²) < 4.78 is 4.48. The van der Waals surface area contributed by atoms with Crippen LogP contribution in [0.4, 0.5) is 11.4 Å². The van der Waals surface area contributed by atoms with Crippen LogP contribution in [0.3, 0.4) is 0 Å². The van der Waals surface area contributed by atoms with Crippen LogP contribution in [0.5, 0.6) is 0 Å². The van der Waals surface area contributed by atoms with E-state index in [0.717, 1.165) is 0 Å². The third-order valence-corrected chi connectivity index (χ3v) is 3.55. The Bertz CT molecular complexity index is 671. The molecule has 1 aromatic rings. The van der Waals surface area contributed by atoms with Gasteiger partial charge in [0.2, 0.25) is 5.91 Å². The van der Waals surface area contributed by atoms with Crippen molar-refractivity contribution in [3.05, 3.63) is 40.0 Å². The molecule has 0 N–H and O–H groups in total. The molecule has 0 radical (unpaired) electrons. The van der Waals surface area contributed by atoms with E-state index in [2.05, 4.69) is 4.74 Å². The van der Waals surface area contributed by atoms with Crippen LogP contribution in [0.2, 0.25) is 0 Å². The summed E-state index contributed by atoms with van der Waals surface area (Å²) in [6.45, 7) is 2.86. The average Bonchev–Trinajstić information content (AvgIpc) is 2.92. The molecule has 23 heavy (non-hydrogen) atoms. The topological polar surface area (TPSA) is 93.0 Å². The number of nitrogens with zero attached hydrogens (tertiary/aromatic N) is 3. The quantitative estimate of drug-likeness (QED) is 0.352. The van der Waals surface area contributed by atoms with Crippen molar-refractivity contribution in [2.45, 2.75) is 6.92 Å². The molecule has 2 rings (SSSR count). The van der Waals surface area contributed by atoms with Crippen LogP contribution in [-0.4, -0.2) is 48.6 Å². The van der Waals surface area contributed by atoms with E-state index >= 15 is 0 Å². The summed E-state index contributed by atoms with van der Waals surface area (Å²) in [6.07, 6.45) is 2.63. The molecule has 0 aromatic heterocycles. The van der Waals surface area contributed by atoms with Crippen LogP contribution < -0.4 is 4.90 Å². The van der Waals surface area contributed by atoms with Crippen molar-refractivity contribution in [3.63, 3.8) is 0 Å². The lowest BCUT2D eigenvalue weighted by atomic mass is 10.1. The van der Waals surface area contributed by atoms with Gasteiger partial charge in [-0.3, -0.25) is 14.9 Å². The first-order valence-corrected chi connectivity index (χ1v) is 7.03. The van der Waals surface area contributed by atoms with Gasteiger partial charge in [-0.05, 0) is 24.6 Å². The van der Waals surface area contributed by atoms with Gasteiger partial charge in [0.15, 0.2) is 0 Å². The standard InChI is InChI=1S/C15H17N3O5/c1-3-16-10-17(9-14(16)19)12-6-4-11(5-7-15(20)23-2)8-13(12)18(21)22/h4-8H,3,9-10H2,1-2H3/b7-5+. The highest BCUT2D eigenvalue weighted by Gasteiger charge is 2.30. The summed E-state index contributed by atoms with van der Waals surface area (Å²) in [5.41, 5.74) is 0.779. The fourth-order valence-electron chi connectivity index (χ4n) is 2.33. The molecule has 1 aliphatic heterocycles. The Kier molecular flexibility index (Phi) is 4.95. The van der Waals surface area contributed by atoms with E-state index in [-0.39, 0.29) is 18.1 Å². The van der Waals surface area contributed by atoms with Crippen LogP contribution in [0.1, 0.15) is 12.5 Å². The zero-order valence-electron chi connectivity index (χ0n) is 12.9. The van der Waals surface area contributed by atoms with Crippen molar-refractivity contribution in [1.29, 1.82) is 0 Å². The minimum absolute atomic E-state index is 0.0588. The second kappa shape index (κ2) is 6.91. The van der Waals surface area contributed by atoms with Crippen molar-refractivity contribution < 1.29 is 19.2 Å². The van der Waals surface area contributed by atoms with Gasteiger partial charge in [-0.1, -0.05) is 6.07 Å². The third kappa shape index (κ3) is 3.65. The van der Waals surface area contributed by atoms with Crippen LogP contribution in [0.25, 0.3) is 6.08 Å². The largest absolute Gasteiger partial charge is 0.466 e. The summed E-state index contributed by atoms with van der Waals surface area (Å²) in [7, 11) is 1.25. The molecule has 1 aromatic carbocycles. The number of methoxy groups -OCH3 is 1. The Labute approximate surface area is 133 Å². The predicted molar refractivity (Wildman–Crippen MR) is 83.7 cm³/mol. The summed E-state index contributed by atoms with van der Waals surface area (Å²) in [5.74, 6) is -0.600. The van der Waals surface area contributed by atoms with Crippen molar-refractivity contribution >= 4 is 29.3 Å². The molecule has 8 nitrogen and oxygen atoms in total. The van der Waals surface area contributed by atoms with Gasteiger partial charge in [0.05, 0.1) is 25.2 Å². The van der Waals surface area contributed by atoms with E-state index in [9.17, 15) is 19.7 Å². The summed E-state index contributed by atoms with van der Waals surface area (Å²) in [4.78, 5) is 37.0. The van der Waals surface area contributed by atoms with Gasteiger partial charge < -0.3 is 14.5 Å². The normalized spacial score (nSPS) is 14.6. The molecule has 0 unspecified atom stereocenters. The highest BCUT2D eigenvalue weighted by Crippen LogP contribution is 2.31. The number of amides is 1. The Balaban J connectivity index is 2.31. The smallest absolute Gasteiger partial charge is 0.330 e. The molecular weight excluding hydrogens is 302 g/mol. The lowest BCUT2D eigenvalue weighted by Crippen LogP contribution is -2.26. The van der Waals surface area contributed by atoms with Crippen LogP contribution in [0.15, 0.2) is 24.3 Å². The molecule has 0 saturated carbocycles. The van der Waals surface area contributed by atoms with Crippen molar-refractivity contribution in [2.24, 2.45) is 0 Å². The van der Waals surface area contributed by atoms with Crippen molar-refractivity contribution in [2.75, 3.05) is 31.8 Å². The molecule has 0 atom stereocenters. The zero-order valence-corrected chi connectivity index (χ0v) is 12.9. The monoisotopic (exact) mass is 319 g/mol. The number of ether oxygens (including phenoxy) is 1. The number of esters is 1. The van der Waals surface area contributed by atoms with Gasteiger partial charge >= 0.3 is 5.97 Å². The van der Waals surface area contributed by atoms with Crippen molar-refractivity contribution in [3.8, 4) is 0 Å². The van der Waals surface area contributed by atoms with E-state index in [0.29, 0.717) is 24.5 Å². The molecule has 8 heteroatoms. The molecular formula is C15H17N3O5. The van der Waals surface area contributed by atoms with E-state index in [1.807, 2.05) is 6.92 Å². The first kappa shape index (κ1) is 16.5. The maximum atomic E-state index is 11.8. The van der Waals surface area contributed by atoms with Gasteiger partial charge in [-0.2, -0.15) is 0 Å². The number of benzene rings is 1. The number of carbonyl (C=O) groups excluding carboxylic acids is 2. The molecule has 1 saturated heterocycles. The van der Waals surface area contributed by atoms with E-state index in [1.54, 1.807) is 21.9 Å². The van der Waals surface area contributed by atoms with E-state index in [1.165, 1.54) is 25.3 Å². The molecule has 1 amide bonds. The first-order valence-electron chi connectivity index (χ1n) is 7.03. The summed E-state index contributed by atoms with van der Waals surface area (Å²) in [5, 5.41) is 11.3. The average molecular weight is 319 g/mol. The predicted octanol–water partition coefficient (Wildman–Crippen LogP) is 1.41. The number of likely N-dealkylation sites (N-methyl/N-ethyl adjacent to an activating group) is 1. The van der Waals surface area contributed by atoms with E-state index < -0.39 is 10.9 Å². The minimum Gasteiger partial charge on any atom is -0.466 e. The molecule has 1 aliphatic rings. The van der Waals surface area contributed by atoms with Gasteiger partial charge in [-0.15, -0.1) is 0 Å². The summed E-state index contributed by atoms with van der Waals surface area (Å²) in [6, 6.07) is 4.61. The molecule has 0 aliphatic carbocycles. The SMILES string of the molecule is CCN1CN(c2ccc(/C=C/C(=O)OC)cc2[N+](=O)[O-])CC1=O. The number of anilines is 1. The molecule has 0 bridgehead atoms. The second-order valence-electron chi connectivity index (χ2n) is 4.95. The zero-order chi connectivity index (χ0) is 17.0. The highest BCUT2D eigenvalue weighted by atomic mass is 16.6. The minimum atomic E-state index is -0.541. The highest BCUT2D eigenvalue weighted by molar-refractivity contribution is 5.88. The van der Waals surface area contributed by atoms with Crippen LogP contribution in [0, 0.1) is 10.1 Å². The number of nitro benzene ring substituents is 1. The van der Waals surface area contributed by atoms with E-state index in [4.69, 9.17) is 0 Å². The number of hydrogen-bond acceptors (Lipinski definition) is 6. The molecule has 122 valence electrons. The number of nitro groups is 1. The molecule has 1 fully saturated rings. The van der Waals surface area contributed by atoms with Gasteiger partial charge in [0.1, 0.15) is 5.69 Å². The first-order chi connectivity index (χ1) is 11.0. The second-order valence-corrected chi connectivity index (χ2v) is 4.95.